The smallest absolute Gasteiger partial charge is 0.254 e. The van der Waals surface area contributed by atoms with Gasteiger partial charge in [0.1, 0.15) is 5.01 Å². The van der Waals surface area contributed by atoms with Crippen molar-refractivity contribution in [2.24, 2.45) is 16.5 Å². The number of carbonyl (C=O) groups is 2. The lowest BCUT2D eigenvalue weighted by Gasteiger charge is -2.20. The molecule has 0 aliphatic carbocycles. The Morgan fingerprint density at radius 3 is 2.48 bits per heavy atom. The van der Waals surface area contributed by atoms with E-state index in [1.807, 2.05) is 12.3 Å². The molecule has 1 unspecified atom stereocenters. The summed E-state index contributed by atoms with van der Waals surface area (Å²) in [4.78, 5) is 34.0. The minimum absolute atomic E-state index is 0.292. The van der Waals surface area contributed by atoms with Gasteiger partial charge in [-0.3, -0.25) is 14.6 Å². The third-order valence-corrected chi connectivity index (χ3v) is 6.16. The molecule has 1 aliphatic heterocycles. The van der Waals surface area contributed by atoms with E-state index in [1.165, 1.54) is 28.9 Å². The SMILES string of the molecule is Cc1csc(-c2sc(C3(C(N)=O)C=CC=N3)c(C(N)=O)c2C)n1. The molecule has 3 heterocycles. The van der Waals surface area contributed by atoms with Crippen molar-refractivity contribution >= 4 is 40.7 Å². The first kappa shape index (κ1) is 15.6. The van der Waals surface area contributed by atoms with Crippen LogP contribution in [-0.2, 0) is 10.3 Å². The number of carbonyl (C=O) groups excluding carboxylic acids is 2. The van der Waals surface area contributed by atoms with Crippen LogP contribution < -0.4 is 11.5 Å². The molecule has 23 heavy (non-hydrogen) atoms. The third-order valence-electron chi connectivity index (χ3n) is 3.63. The van der Waals surface area contributed by atoms with Gasteiger partial charge in [-0.1, -0.05) is 0 Å². The van der Waals surface area contributed by atoms with Crippen LogP contribution in [0.2, 0.25) is 0 Å². The molecule has 118 valence electrons. The van der Waals surface area contributed by atoms with Crippen LogP contribution >= 0.6 is 22.7 Å². The summed E-state index contributed by atoms with van der Waals surface area (Å²) in [5.41, 5.74) is 11.6. The maximum absolute atomic E-state index is 12.1. The second-order valence-corrected chi connectivity index (χ2v) is 7.07. The van der Waals surface area contributed by atoms with Crippen molar-refractivity contribution in [3.05, 3.63) is 39.2 Å². The number of hydrogen-bond donors (Lipinski definition) is 2. The first-order valence-electron chi connectivity index (χ1n) is 6.76. The van der Waals surface area contributed by atoms with Crippen LogP contribution in [0, 0.1) is 13.8 Å². The number of thiazole rings is 1. The summed E-state index contributed by atoms with van der Waals surface area (Å²) in [5, 5.41) is 2.71. The molecule has 0 saturated carbocycles. The van der Waals surface area contributed by atoms with Crippen molar-refractivity contribution in [3.63, 3.8) is 0 Å². The van der Waals surface area contributed by atoms with Gasteiger partial charge in [-0.2, -0.15) is 0 Å². The fourth-order valence-corrected chi connectivity index (χ4v) is 4.90. The summed E-state index contributed by atoms with van der Waals surface area (Å²) in [6.45, 7) is 3.69. The standard InChI is InChI=1S/C15H14N4O2S2/c1-7-6-22-13(19-7)10-8(2)9(12(16)20)11(23-10)15(14(17)21)4-3-5-18-15/h3-6H,1-2H3,(H2,16,20)(H2,17,21). The molecule has 2 amide bonds. The molecule has 1 atom stereocenters. The maximum atomic E-state index is 12.1. The van der Waals surface area contributed by atoms with Crippen molar-refractivity contribution in [3.8, 4) is 9.88 Å². The van der Waals surface area contributed by atoms with Gasteiger partial charge in [-0.25, -0.2) is 4.98 Å². The quantitative estimate of drug-likeness (QED) is 0.882. The molecule has 0 fully saturated rings. The Balaban J connectivity index is 2.29. The van der Waals surface area contributed by atoms with Crippen molar-refractivity contribution in [2.45, 2.75) is 19.4 Å². The zero-order valence-corrected chi connectivity index (χ0v) is 14.1. The Labute approximate surface area is 140 Å². The Bertz CT molecular complexity index is 864. The summed E-state index contributed by atoms with van der Waals surface area (Å²) in [6.07, 6.45) is 4.72. The zero-order chi connectivity index (χ0) is 16.8. The number of aryl methyl sites for hydroxylation is 1. The summed E-state index contributed by atoms with van der Waals surface area (Å²) < 4.78 is 0. The Hall–Kier alpha value is -2.32. The van der Waals surface area contributed by atoms with Crippen molar-refractivity contribution in [1.29, 1.82) is 0 Å². The Morgan fingerprint density at radius 2 is 2.00 bits per heavy atom. The molecule has 3 rings (SSSR count). The van der Waals surface area contributed by atoms with E-state index in [0.29, 0.717) is 16.0 Å². The normalized spacial score (nSPS) is 19.4. The van der Waals surface area contributed by atoms with Gasteiger partial charge >= 0.3 is 0 Å². The molecule has 1 aliphatic rings. The number of rotatable bonds is 4. The lowest BCUT2D eigenvalue weighted by atomic mass is 9.93. The molecular weight excluding hydrogens is 332 g/mol. The largest absolute Gasteiger partial charge is 0.367 e. The summed E-state index contributed by atoms with van der Waals surface area (Å²) in [6, 6.07) is 0. The fraction of sp³-hybridized carbons (Fsp3) is 0.200. The van der Waals surface area contributed by atoms with Crippen molar-refractivity contribution in [2.75, 3.05) is 0 Å². The van der Waals surface area contributed by atoms with E-state index in [4.69, 9.17) is 11.5 Å². The Morgan fingerprint density at radius 1 is 1.26 bits per heavy atom. The molecule has 0 saturated heterocycles. The average molecular weight is 346 g/mol. The van der Waals surface area contributed by atoms with Crippen LogP contribution in [0.25, 0.3) is 9.88 Å². The highest BCUT2D eigenvalue weighted by Gasteiger charge is 2.42. The van der Waals surface area contributed by atoms with E-state index in [1.54, 1.807) is 19.1 Å². The van der Waals surface area contributed by atoms with E-state index in [0.717, 1.165) is 15.6 Å². The van der Waals surface area contributed by atoms with Gasteiger partial charge in [0, 0.05) is 17.3 Å². The highest BCUT2D eigenvalue weighted by atomic mass is 32.1. The number of primary amides is 2. The van der Waals surface area contributed by atoms with Crippen LogP contribution in [0.3, 0.4) is 0 Å². The predicted molar refractivity (Wildman–Crippen MR) is 91.9 cm³/mol. The summed E-state index contributed by atoms with van der Waals surface area (Å²) in [5.74, 6) is -1.25. The molecule has 8 heteroatoms. The number of aliphatic imine (C=N–C) groups is 1. The number of nitrogens with zero attached hydrogens (tertiary/aromatic N) is 2. The third kappa shape index (κ3) is 2.30. The van der Waals surface area contributed by atoms with Crippen LogP contribution in [-0.4, -0.2) is 23.0 Å². The fourth-order valence-electron chi connectivity index (χ4n) is 2.52. The van der Waals surface area contributed by atoms with E-state index in [9.17, 15) is 9.59 Å². The molecule has 0 bridgehead atoms. The van der Waals surface area contributed by atoms with Gasteiger partial charge in [-0.15, -0.1) is 22.7 Å². The zero-order valence-electron chi connectivity index (χ0n) is 12.5. The monoisotopic (exact) mass is 346 g/mol. The molecule has 0 radical (unpaired) electrons. The van der Waals surface area contributed by atoms with E-state index >= 15 is 0 Å². The second kappa shape index (κ2) is 5.39. The maximum Gasteiger partial charge on any atom is 0.254 e. The van der Waals surface area contributed by atoms with E-state index in [2.05, 4.69) is 9.98 Å². The molecule has 2 aromatic rings. The predicted octanol–water partition coefficient (Wildman–Crippen LogP) is 1.91. The number of aromatic nitrogens is 1. The molecule has 6 nitrogen and oxygen atoms in total. The van der Waals surface area contributed by atoms with Gasteiger partial charge in [0.05, 0.1) is 15.3 Å². The van der Waals surface area contributed by atoms with Crippen molar-refractivity contribution in [1.82, 2.24) is 4.98 Å². The van der Waals surface area contributed by atoms with Crippen LogP contribution in [0.4, 0.5) is 0 Å². The highest BCUT2D eigenvalue weighted by molar-refractivity contribution is 7.21. The van der Waals surface area contributed by atoms with Crippen LogP contribution in [0.15, 0.2) is 22.5 Å². The summed E-state index contributed by atoms with van der Waals surface area (Å²) in [7, 11) is 0. The van der Waals surface area contributed by atoms with E-state index in [-0.39, 0.29) is 0 Å². The molecule has 0 aromatic carbocycles. The second-order valence-electron chi connectivity index (χ2n) is 5.19. The number of nitrogens with two attached hydrogens (primary N) is 2. The van der Waals surface area contributed by atoms with Crippen LogP contribution in [0.5, 0.6) is 0 Å². The highest BCUT2D eigenvalue weighted by Crippen LogP contribution is 2.44. The lowest BCUT2D eigenvalue weighted by molar-refractivity contribution is -0.121. The van der Waals surface area contributed by atoms with Crippen LogP contribution in [0.1, 0.15) is 26.5 Å². The van der Waals surface area contributed by atoms with Crippen molar-refractivity contribution < 1.29 is 9.59 Å². The number of hydrogen-bond acceptors (Lipinski definition) is 6. The topological polar surface area (TPSA) is 111 Å². The number of amides is 2. The minimum atomic E-state index is -1.37. The first-order valence-corrected chi connectivity index (χ1v) is 8.45. The van der Waals surface area contributed by atoms with Gasteiger partial charge in [0.15, 0.2) is 5.54 Å². The van der Waals surface area contributed by atoms with Gasteiger partial charge in [-0.05, 0) is 31.6 Å². The Kier molecular flexibility index (Phi) is 3.65. The van der Waals surface area contributed by atoms with Gasteiger partial charge < -0.3 is 11.5 Å². The molecule has 4 N–H and O–H groups in total. The molecule has 0 spiro atoms. The average Bonchev–Trinajstić information content (AvgIpc) is 3.16. The molecular formula is C15H14N4O2S2. The van der Waals surface area contributed by atoms with Gasteiger partial charge in [0.25, 0.3) is 5.91 Å². The summed E-state index contributed by atoms with van der Waals surface area (Å²) >= 11 is 2.76. The van der Waals surface area contributed by atoms with E-state index < -0.39 is 17.4 Å². The minimum Gasteiger partial charge on any atom is -0.367 e. The number of thiophene rings is 1. The molecule has 2 aromatic heterocycles. The van der Waals surface area contributed by atoms with Gasteiger partial charge in [0.2, 0.25) is 5.91 Å². The first-order chi connectivity index (χ1) is 10.9. The lowest BCUT2D eigenvalue weighted by Crippen LogP contribution is -2.37. The number of allylic oxidation sites excluding steroid dienone is 1.